The van der Waals surface area contributed by atoms with Crippen molar-refractivity contribution in [1.82, 2.24) is 10.2 Å². The van der Waals surface area contributed by atoms with Crippen molar-refractivity contribution in [2.24, 2.45) is 0 Å². The van der Waals surface area contributed by atoms with E-state index in [0.717, 1.165) is 16.0 Å². The first-order valence-corrected chi connectivity index (χ1v) is 10.8. The zero-order valence-corrected chi connectivity index (χ0v) is 17.3. The summed E-state index contributed by atoms with van der Waals surface area (Å²) in [6.45, 7) is 3.15. The van der Waals surface area contributed by atoms with E-state index in [4.69, 9.17) is 0 Å². The highest BCUT2D eigenvalue weighted by molar-refractivity contribution is 7.87. The lowest BCUT2D eigenvalue weighted by Crippen LogP contribution is -2.71. The Hall–Kier alpha value is -3.00. The Morgan fingerprint density at radius 1 is 1.03 bits per heavy atom. The molecule has 2 fully saturated rings. The number of amides is 2. The molecule has 4 atom stereocenters. The van der Waals surface area contributed by atoms with Gasteiger partial charge in [-0.3, -0.25) is 13.8 Å². The Kier molecular flexibility index (Phi) is 4.97. The van der Waals surface area contributed by atoms with Crippen LogP contribution in [0.5, 0.6) is 0 Å². The van der Waals surface area contributed by atoms with Crippen LogP contribution in [0.1, 0.15) is 30.9 Å². The number of hydrogen-bond donors (Lipinski definition) is 2. The number of carboxylic acid groups (broad SMARTS) is 1. The molecule has 0 unspecified atom stereocenters. The third-order valence-electron chi connectivity index (χ3n) is 5.81. The predicted molar refractivity (Wildman–Crippen MR) is 111 cm³/mol. The second-order valence-corrected chi connectivity index (χ2v) is 10.1. The van der Waals surface area contributed by atoms with E-state index in [1.54, 1.807) is 13.8 Å². The first-order chi connectivity index (χ1) is 14.2. The summed E-state index contributed by atoms with van der Waals surface area (Å²) in [6, 6.07) is 16.2. The lowest BCUT2D eigenvalue weighted by molar-refractivity contribution is -0.161. The van der Waals surface area contributed by atoms with Crippen LogP contribution in [0.3, 0.4) is 0 Å². The van der Waals surface area contributed by atoms with Crippen LogP contribution >= 0.6 is 0 Å². The smallest absolute Gasteiger partial charge is 0.328 e. The number of fused-ring (bicyclic) bond motifs is 1. The Morgan fingerprint density at radius 3 is 2.00 bits per heavy atom. The minimum atomic E-state index is -1.63. The molecule has 156 valence electrons. The Labute approximate surface area is 176 Å². The van der Waals surface area contributed by atoms with Gasteiger partial charge in [0.25, 0.3) is 0 Å². The van der Waals surface area contributed by atoms with Gasteiger partial charge in [-0.1, -0.05) is 60.7 Å². The van der Waals surface area contributed by atoms with Gasteiger partial charge in [0.05, 0.1) is 21.5 Å². The fourth-order valence-corrected chi connectivity index (χ4v) is 6.24. The second kappa shape index (κ2) is 7.36. The van der Waals surface area contributed by atoms with E-state index in [1.807, 2.05) is 60.7 Å². The predicted octanol–water partition coefficient (Wildman–Crippen LogP) is 1.47. The van der Waals surface area contributed by atoms with Crippen LogP contribution in [0.2, 0.25) is 0 Å². The molecule has 0 spiro atoms. The molecular formula is C22H22N2O5S. The fourth-order valence-electron chi connectivity index (χ4n) is 4.32. The van der Waals surface area contributed by atoms with Crippen molar-refractivity contribution in [3.63, 3.8) is 0 Å². The van der Waals surface area contributed by atoms with Crippen molar-refractivity contribution in [3.05, 3.63) is 71.8 Å². The maximum atomic E-state index is 13.3. The van der Waals surface area contributed by atoms with Crippen LogP contribution in [0, 0.1) is 0 Å². The number of aliphatic carboxylic acids is 1. The second-order valence-electron chi connectivity index (χ2n) is 8.02. The summed E-state index contributed by atoms with van der Waals surface area (Å²) in [5.74, 6) is -2.74. The Bertz CT molecular complexity index is 985. The Morgan fingerprint density at radius 2 is 1.53 bits per heavy atom. The van der Waals surface area contributed by atoms with Crippen molar-refractivity contribution in [1.29, 1.82) is 0 Å². The highest BCUT2D eigenvalue weighted by Crippen LogP contribution is 2.43. The number of nitrogens with one attached hydrogen (secondary N) is 1. The molecule has 8 heteroatoms. The highest BCUT2D eigenvalue weighted by Gasteiger charge is 2.68. The monoisotopic (exact) mass is 426 g/mol. The van der Waals surface area contributed by atoms with Gasteiger partial charge in [-0.2, -0.15) is 0 Å². The van der Waals surface area contributed by atoms with Gasteiger partial charge < -0.3 is 15.3 Å². The van der Waals surface area contributed by atoms with E-state index >= 15 is 0 Å². The summed E-state index contributed by atoms with van der Waals surface area (Å²) in [5.41, 5.74) is 1.53. The molecule has 0 aromatic heterocycles. The van der Waals surface area contributed by atoms with Gasteiger partial charge in [-0.15, -0.1) is 0 Å². The first-order valence-electron chi connectivity index (χ1n) is 9.61. The molecule has 0 saturated carbocycles. The van der Waals surface area contributed by atoms with Crippen LogP contribution in [0.25, 0.3) is 0 Å². The number of carbonyl (C=O) groups excluding carboxylic acids is 2. The molecule has 2 aromatic carbocycles. The zero-order valence-electron chi connectivity index (χ0n) is 16.5. The van der Waals surface area contributed by atoms with E-state index in [0.29, 0.717) is 0 Å². The minimum Gasteiger partial charge on any atom is -0.480 e. The van der Waals surface area contributed by atoms with Gasteiger partial charge in [0, 0.05) is 0 Å². The highest BCUT2D eigenvalue weighted by atomic mass is 32.2. The quantitative estimate of drug-likeness (QED) is 0.705. The van der Waals surface area contributed by atoms with Crippen molar-refractivity contribution >= 4 is 28.6 Å². The van der Waals surface area contributed by atoms with Crippen LogP contribution in [0.15, 0.2) is 60.7 Å². The summed E-state index contributed by atoms with van der Waals surface area (Å²) >= 11 is 0. The molecule has 0 radical (unpaired) electrons. The van der Waals surface area contributed by atoms with Crippen LogP contribution < -0.4 is 5.32 Å². The molecule has 2 saturated heterocycles. The van der Waals surface area contributed by atoms with E-state index < -0.39 is 50.8 Å². The number of carbonyl (C=O) groups is 3. The summed E-state index contributed by atoms with van der Waals surface area (Å²) in [7, 11) is -1.63. The molecule has 2 aliphatic rings. The fraction of sp³-hybridized carbons (Fsp3) is 0.318. The lowest BCUT2D eigenvalue weighted by Gasteiger charge is -2.43. The van der Waals surface area contributed by atoms with Crippen LogP contribution in [-0.2, 0) is 25.2 Å². The van der Waals surface area contributed by atoms with Gasteiger partial charge in [0.2, 0.25) is 11.8 Å². The number of hydrogen-bond acceptors (Lipinski definition) is 4. The van der Waals surface area contributed by atoms with E-state index in [2.05, 4.69) is 5.32 Å². The number of β-lactam (4-membered cyclic amide) rings is 1. The zero-order chi connectivity index (χ0) is 21.6. The summed E-state index contributed by atoms with van der Waals surface area (Å²) in [4.78, 5) is 38.8. The van der Waals surface area contributed by atoms with Crippen molar-refractivity contribution in [3.8, 4) is 0 Å². The van der Waals surface area contributed by atoms with Crippen LogP contribution in [-0.4, -0.2) is 54.2 Å². The standard InChI is InChI=1S/C22H22N2O5S/c1-22(2)17(21(27)28)24-19(26)16(20(24)30(22)29)23-18(25)15(13-9-5-3-6-10-13)14-11-7-4-8-12-14/h3-12,15-17,20H,1-2H3,(H,23,25)(H,27,28)/t16-,17+,20-,30+/m1/s1. The molecule has 2 aliphatic heterocycles. The van der Waals surface area contributed by atoms with Crippen molar-refractivity contribution in [2.45, 2.75) is 42.0 Å². The van der Waals surface area contributed by atoms with Crippen molar-refractivity contribution < 1.29 is 23.7 Å². The number of carboxylic acids is 1. The topological polar surface area (TPSA) is 104 Å². The van der Waals surface area contributed by atoms with Gasteiger partial charge in [-0.05, 0) is 25.0 Å². The minimum absolute atomic E-state index is 0.390. The largest absolute Gasteiger partial charge is 0.480 e. The average Bonchev–Trinajstić information content (AvgIpc) is 2.92. The van der Waals surface area contributed by atoms with Crippen LogP contribution in [0.4, 0.5) is 0 Å². The normalized spacial score (nSPS) is 26.8. The molecule has 30 heavy (non-hydrogen) atoms. The van der Waals surface area contributed by atoms with Gasteiger partial charge in [-0.25, -0.2) is 4.79 Å². The van der Waals surface area contributed by atoms with E-state index in [1.165, 1.54) is 0 Å². The van der Waals surface area contributed by atoms with Crippen molar-refractivity contribution in [2.75, 3.05) is 0 Å². The molecule has 2 aromatic rings. The van der Waals surface area contributed by atoms with E-state index in [-0.39, 0.29) is 5.91 Å². The SMILES string of the molecule is CC1(C)[C@H](C(=O)O)N2C(=O)[C@@H](NC(=O)C(c3ccccc3)c3ccccc3)[C@H]2[S@@]1=O. The number of rotatable bonds is 5. The lowest BCUT2D eigenvalue weighted by atomic mass is 9.89. The number of nitrogens with zero attached hydrogens (tertiary/aromatic N) is 1. The Balaban J connectivity index is 1.62. The van der Waals surface area contributed by atoms with Gasteiger partial charge >= 0.3 is 5.97 Å². The molecule has 2 heterocycles. The molecule has 2 amide bonds. The summed E-state index contributed by atoms with van der Waals surface area (Å²) in [5, 5.41) is 11.4. The third kappa shape index (κ3) is 3.02. The van der Waals surface area contributed by atoms with Gasteiger partial charge in [0.15, 0.2) is 0 Å². The maximum Gasteiger partial charge on any atom is 0.328 e. The molecule has 4 rings (SSSR count). The maximum absolute atomic E-state index is 13.3. The van der Waals surface area contributed by atoms with Gasteiger partial charge in [0.1, 0.15) is 17.5 Å². The summed E-state index contributed by atoms with van der Waals surface area (Å²) < 4.78 is 11.8. The average molecular weight is 426 g/mol. The molecule has 7 nitrogen and oxygen atoms in total. The molecular weight excluding hydrogens is 404 g/mol. The molecule has 0 aliphatic carbocycles. The summed E-state index contributed by atoms with van der Waals surface area (Å²) in [6.07, 6.45) is 0. The number of benzene rings is 2. The van der Waals surface area contributed by atoms with E-state index in [9.17, 15) is 23.7 Å². The molecule has 2 N–H and O–H groups in total. The third-order valence-corrected chi connectivity index (χ3v) is 8.01. The first kappa shape index (κ1) is 20.3. The molecule has 0 bridgehead atoms.